The van der Waals surface area contributed by atoms with Crippen molar-refractivity contribution < 1.29 is 5.11 Å². The van der Waals surface area contributed by atoms with E-state index in [9.17, 15) is 0 Å². The van der Waals surface area contributed by atoms with Crippen molar-refractivity contribution in [1.29, 1.82) is 0 Å². The van der Waals surface area contributed by atoms with E-state index < -0.39 is 0 Å². The van der Waals surface area contributed by atoms with Crippen molar-refractivity contribution in [3.05, 3.63) is 23.3 Å². The highest BCUT2D eigenvalue weighted by molar-refractivity contribution is 5.33. The van der Waals surface area contributed by atoms with Crippen molar-refractivity contribution in [2.24, 2.45) is 11.8 Å². The number of rotatable bonds is 3. The number of hydrogen-bond donors (Lipinski definition) is 1. The van der Waals surface area contributed by atoms with Gasteiger partial charge in [-0.2, -0.15) is 0 Å². The molecule has 0 aromatic carbocycles. The predicted octanol–water partition coefficient (Wildman–Crippen LogP) is 2.67. The predicted molar refractivity (Wildman–Crippen MR) is 54.4 cm³/mol. The van der Waals surface area contributed by atoms with Crippen LogP contribution in [0.5, 0.6) is 0 Å². The van der Waals surface area contributed by atoms with Crippen LogP contribution in [0.4, 0.5) is 0 Å². The molecule has 0 aromatic rings. The Morgan fingerprint density at radius 3 is 3.00 bits per heavy atom. The second-order valence-electron chi connectivity index (χ2n) is 4.21. The SMILES string of the molecule is CCCC=C1CC2CC1C=C2CO. The molecule has 13 heavy (non-hydrogen) atoms. The summed E-state index contributed by atoms with van der Waals surface area (Å²) < 4.78 is 0. The molecule has 0 aromatic heterocycles. The second kappa shape index (κ2) is 3.67. The first kappa shape index (κ1) is 9.01. The van der Waals surface area contributed by atoms with Crippen LogP contribution in [-0.4, -0.2) is 11.7 Å². The highest BCUT2D eigenvalue weighted by atomic mass is 16.3. The lowest BCUT2D eigenvalue weighted by Crippen LogP contribution is -2.02. The summed E-state index contributed by atoms with van der Waals surface area (Å²) in [6, 6.07) is 0. The fourth-order valence-electron chi connectivity index (χ4n) is 2.58. The van der Waals surface area contributed by atoms with E-state index in [2.05, 4.69) is 19.1 Å². The Morgan fingerprint density at radius 1 is 1.62 bits per heavy atom. The van der Waals surface area contributed by atoms with Gasteiger partial charge in [0, 0.05) is 0 Å². The van der Waals surface area contributed by atoms with Crippen LogP contribution in [0.3, 0.4) is 0 Å². The maximum absolute atomic E-state index is 9.06. The van der Waals surface area contributed by atoms with Crippen LogP contribution >= 0.6 is 0 Å². The van der Waals surface area contributed by atoms with Crippen molar-refractivity contribution in [2.45, 2.75) is 32.6 Å². The molecule has 2 atom stereocenters. The molecule has 2 aliphatic carbocycles. The van der Waals surface area contributed by atoms with E-state index >= 15 is 0 Å². The fraction of sp³-hybridized carbons (Fsp3) is 0.667. The molecule has 72 valence electrons. The normalized spacial score (nSPS) is 34.3. The van der Waals surface area contributed by atoms with Gasteiger partial charge < -0.3 is 5.11 Å². The van der Waals surface area contributed by atoms with Gasteiger partial charge in [-0.3, -0.25) is 0 Å². The molecule has 0 amide bonds. The van der Waals surface area contributed by atoms with Crippen LogP contribution in [0.25, 0.3) is 0 Å². The van der Waals surface area contributed by atoms with Gasteiger partial charge >= 0.3 is 0 Å². The summed E-state index contributed by atoms with van der Waals surface area (Å²) in [5.74, 6) is 1.36. The van der Waals surface area contributed by atoms with Crippen LogP contribution in [0.1, 0.15) is 32.6 Å². The van der Waals surface area contributed by atoms with Crippen LogP contribution in [0, 0.1) is 11.8 Å². The smallest absolute Gasteiger partial charge is 0.0644 e. The average Bonchev–Trinajstić information content (AvgIpc) is 2.72. The van der Waals surface area contributed by atoms with Gasteiger partial charge in [-0.25, -0.2) is 0 Å². The Morgan fingerprint density at radius 2 is 2.46 bits per heavy atom. The Labute approximate surface area is 80.2 Å². The molecule has 1 saturated carbocycles. The summed E-state index contributed by atoms with van der Waals surface area (Å²) in [7, 11) is 0. The molecule has 0 saturated heterocycles. The van der Waals surface area contributed by atoms with Gasteiger partial charge in [0.1, 0.15) is 0 Å². The van der Waals surface area contributed by atoms with Gasteiger partial charge in [-0.1, -0.05) is 31.1 Å². The zero-order chi connectivity index (χ0) is 9.26. The van der Waals surface area contributed by atoms with E-state index in [4.69, 9.17) is 5.11 Å². The number of aliphatic hydroxyl groups is 1. The molecular weight excluding hydrogens is 160 g/mol. The minimum atomic E-state index is 0.280. The molecule has 1 fully saturated rings. The number of allylic oxidation sites excluding steroid dienone is 3. The fourth-order valence-corrected chi connectivity index (χ4v) is 2.58. The quantitative estimate of drug-likeness (QED) is 0.659. The molecule has 2 unspecified atom stereocenters. The number of aliphatic hydroxyl groups excluding tert-OH is 1. The maximum atomic E-state index is 9.06. The zero-order valence-electron chi connectivity index (χ0n) is 8.29. The molecule has 0 aliphatic heterocycles. The molecule has 2 bridgehead atoms. The standard InChI is InChI=1S/C12H18O/c1-2-3-4-9-5-11-6-10(9)7-12(11)8-13/h4,7,10-11,13H,2-3,5-6,8H2,1H3. The van der Waals surface area contributed by atoms with E-state index in [0.29, 0.717) is 11.8 Å². The second-order valence-corrected chi connectivity index (χ2v) is 4.21. The van der Waals surface area contributed by atoms with E-state index in [1.165, 1.54) is 31.3 Å². The monoisotopic (exact) mass is 178 g/mol. The zero-order valence-corrected chi connectivity index (χ0v) is 8.29. The maximum Gasteiger partial charge on any atom is 0.0644 e. The van der Waals surface area contributed by atoms with Crippen molar-refractivity contribution in [2.75, 3.05) is 6.61 Å². The molecular formula is C12H18O. The Balaban J connectivity index is 2.05. The lowest BCUT2D eigenvalue weighted by Gasteiger charge is -2.13. The summed E-state index contributed by atoms with van der Waals surface area (Å²) in [6.45, 7) is 2.50. The summed E-state index contributed by atoms with van der Waals surface area (Å²) in [4.78, 5) is 0. The number of fused-ring (bicyclic) bond motifs is 2. The van der Waals surface area contributed by atoms with Crippen molar-refractivity contribution in [3.63, 3.8) is 0 Å². The summed E-state index contributed by atoms with van der Waals surface area (Å²) >= 11 is 0. The van der Waals surface area contributed by atoms with Gasteiger partial charge in [0.05, 0.1) is 6.61 Å². The minimum absolute atomic E-state index is 0.280. The Hall–Kier alpha value is -0.560. The lowest BCUT2D eigenvalue weighted by molar-refractivity contribution is 0.317. The highest BCUT2D eigenvalue weighted by Crippen LogP contribution is 2.47. The van der Waals surface area contributed by atoms with Crippen molar-refractivity contribution >= 4 is 0 Å². The average molecular weight is 178 g/mol. The number of unbranched alkanes of at least 4 members (excludes halogenated alkanes) is 1. The highest BCUT2D eigenvalue weighted by Gasteiger charge is 2.35. The van der Waals surface area contributed by atoms with Crippen LogP contribution in [-0.2, 0) is 0 Å². The molecule has 0 radical (unpaired) electrons. The molecule has 1 N–H and O–H groups in total. The largest absolute Gasteiger partial charge is 0.392 e. The first-order valence-electron chi connectivity index (χ1n) is 5.35. The van der Waals surface area contributed by atoms with E-state index in [-0.39, 0.29) is 6.61 Å². The molecule has 2 rings (SSSR count). The summed E-state index contributed by atoms with van der Waals surface area (Å²) in [5.41, 5.74) is 2.92. The number of hydrogen-bond acceptors (Lipinski definition) is 1. The molecule has 0 heterocycles. The molecule has 1 heteroatoms. The third-order valence-corrected chi connectivity index (χ3v) is 3.31. The Bertz CT molecular complexity index is 250. The first-order valence-corrected chi connectivity index (χ1v) is 5.35. The van der Waals surface area contributed by atoms with Crippen LogP contribution in [0.2, 0.25) is 0 Å². The molecule has 0 spiro atoms. The van der Waals surface area contributed by atoms with Gasteiger partial charge in [0.15, 0.2) is 0 Å². The van der Waals surface area contributed by atoms with Gasteiger partial charge in [-0.15, -0.1) is 0 Å². The third kappa shape index (κ3) is 1.58. The van der Waals surface area contributed by atoms with Crippen molar-refractivity contribution in [1.82, 2.24) is 0 Å². The van der Waals surface area contributed by atoms with Crippen molar-refractivity contribution in [3.8, 4) is 0 Å². The minimum Gasteiger partial charge on any atom is -0.392 e. The van der Waals surface area contributed by atoms with Crippen LogP contribution < -0.4 is 0 Å². The summed E-state index contributed by atoms with van der Waals surface area (Å²) in [5, 5.41) is 9.06. The van der Waals surface area contributed by atoms with E-state index in [1.54, 1.807) is 5.57 Å². The first-order chi connectivity index (χ1) is 6.35. The Kier molecular flexibility index (Phi) is 2.54. The van der Waals surface area contributed by atoms with E-state index in [0.717, 1.165) is 0 Å². The van der Waals surface area contributed by atoms with E-state index in [1.807, 2.05) is 0 Å². The summed E-state index contributed by atoms with van der Waals surface area (Å²) in [6.07, 6.45) is 9.66. The van der Waals surface area contributed by atoms with Gasteiger partial charge in [0.2, 0.25) is 0 Å². The third-order valence-electron chi connectivity index (χ3n) is 3.31. The van der Waals surface area contributed by atoms with Gasteiger partial charge in [-0.05, 0) is 36.7 Å². The van der Waals surface area contributed by atoms with Gasteiger partial charge in [0.25, 0.3) is 0 Å². The topological polar surface area (TPSA) is 20.2 Å². The lowest BCUT2D eigenvalue weighted by atomic mass is 9.94. The molecule has 2 aliphatic rings. The molecule has 1 nitrogen and oxygen atoms in total. The van der Waals surface area contributed by atoms with Crippen LogP contribution in [0.15, 0.2) is 23.3 Å².